The van der Waals surface area contributed by atoms with Gasteiger partial charge in [0.1, 0.15) is 15.7 Å². The van der Waals surface area contributed by atoms with Crippen molar-refractivity contribution in [1.29, 1.82) is 0 Å². The van der Waals surface area contributed by atoms with Crippen LogP contribution in [-0.2, 0) is 10.0 Å². The van der Waals surface area contributed by atoms with Gasteiger partial charge in [-0.2, -0.15) is 0 Å². The molecule has 6 nitrogen and oxygen atoms in total. The number of benzene rings is 1. The Kier molecular flexibility index (Phi) is 4.24. The summed E-state index contributed by atoms with van der Waals surface area (Å²) in [7, 11) is -2.44. The summed E-state index contributed by atoms with van der Waals surface area (Å²) in [5.41, 5.74) is 0.622. The van der Waals surface area contributed by atoms with E-state index in [-0.39, 0.29) is 9.92 Å². The van der Waals surface area contributed by atoms with Gasteiger partial charge in [0.2, 0.25) is 0 Å². The molecule has 0 saturated heterocycles. The Morgan fingerprint density at radius 3 is 2.62 bits per heavy atom. The molecule has 112 valence electrons. The van der Waals surface area contributed by atoms with Crippen LogP contribution in [0.2, 0.25) is 5.02 Å². The van der Waals surface area contributed by atoms with Gasteiger partial charge >= 0.3 is 0 Å². The molecule has 0 spiro atoms. The van der Waals surface area contributed by atoms with Gasteiger partial charge in [0.15, 0.2) is 0 Å². The number of halogens is 1. The molecule has 0 aliphatic carbocycles. The van der Waals surface area contributed by atoms with Crippen molar-refractivity contribution in [2.75, 3.05) is 11.8 Å². The van der Waals surface area contributed by atoms with E-state index in [0.717, 1.165) is 17.8 Å². The minimum atomic E-state index is -3.89. The Hall–Kier alpha value is -1.99. The van der Waals surface area contributed by atoms with Crippen molar-refractivity contribution in [3.8, 4) is 5.75 Å². The predicted octanol–water partition coefficient (Wildman–Crippen LogP) is 2.15. The standard InChI is InChI=1S/C13H13ClN2O4S/c1-8-3-4-12(20-2)11(5-8)16-21(18,19)9-6-10(14)13(17)15-7-9/h3-7,16H,1-2H3,(H,15,17). The molecule has 1 aromatic heterocycles. The second-order valence-corrected chi connectivity index (χ2v) is 6.41. The van der Waals surface area contributed by atoms with Crippen LogP contribution in [0.25, 0.3) is 0 Å². The smallest absolute Gasteiger partial charge is 0.266 e. The SMILES string of the molecule is COc1ccc(C)cc1NS(=O)(=O)c1c[nH]c(=O)c(Cl)c1. The highest BCUT2D eigenvalue weighted by Gasteiger charge is 2.18. The Balaban J connectivity index is 2.44. The van der Waals surface area contributed by atoms with Gasteiger partial charge in [-0.05, 0) is 30.7 Å². The zero-order valence-corrected chi connectivity index (χ0v) is 12.9. The Bertz CT molecular complexity index is 830. The van der Waals surface area contributed by atoms with Crippen molar-refractivity contribution in [3.63, 3.8) is 0 Å². The van der Waals surface area contributed by atoms with Crippen molar-refractivity contribution in [2.24, 2.45) is 0 Å². The molecule has 0 radical (unpaired) electrons. The number of nitrogens with one attached hydrogen (secondary N) is 2. The van der Waals surface area contributed by atoms with E-state index < -0.39 is 15.6 Å². The third-order valence-corrected chi connectivity index (χ3v) is 4.37. The molecule has 1 aromatic carbocycles. The first-order chi connectivity index (χ1) is 9.83. The summed E-state index contributed by atoms with van der Waals surface area (Å²) < 4.78 is 32.1. The van der Waals surface area contributed by atoms with Crippen LogP contribution >= 0.6 is 11.6 Å². The summed E-state index contributed by atoms with van der Waals surface area (Å²) in [6.07, 6.45) is 1.08. The molecular formula is C13H13ClN2O4S. The second-order valence-electron chi connectivity index (χ2n) is 4.32. The van der Waals surface area contributed by atoms with Crippen LogP contribution in [-0.4, -0.2) is 20.5 Å². The first kappa shape index (κ1) is 15.4. The van der Waals surface area contributed by atoms with Crippen LogP contribution in [0.5, 0.6) is 5.75 Å². The lowest BCUT2D eigenvalue weighted by atomic mass is 10.2. The summed E-state index contributed by atoms with van der Waals surface area (Å²) in [5, 5.41) is -0.200. The highest BCUT2D eigenvalue weighted by Crippen LogP contribution is 2.27. The highest BCUT2D eigenvalue weighted by atomic mass is 35.5. The molecule has 8 heteroatoms. The first-order valence-electron chi connectivity index (χ1n) is 5.89. The molecule has 0 atom stereocenters. The number of aromatic nitrogens is 1. The third-order valence-electron chi connectivity index (χ3n) is 2.74. The average molecular weight is 329 g/mol. The largest absolute Gasteiger partial charge is 0.495 e. The lowest BCUT2D eigenvalue weighted by Crippen LogP contribution is -2.16. The molecular weight excluding hydrogens is 316 g/mol. The van der Waals surface area contributed by atoms with Gasteiger partial charge in [0.05, 0.1) is 12.8 Å². The molecule has 0 aliphatic rings. The number of aryl methyl sites for hydroxylation is 1. The number of hydrogen-bond donors (Lipinski definition) is 2. The third kappa shape index (κ3) is 3.37. The number of aromatic amines is 1. The summed E-state index contributed by atoms with van der Waals surface area (Å²) >= 11 is 5.65. The molecule has 2 aromatic rings. The lowest BCUT2D eigenvalue weighted by Gasteiger charge is -2.12. The molecule has 0 amide bonds. The van der Waals surface area contributed by atoms with Gasteiger partial charge < -0.3 is 9.72 Å². The molecule has 1 heterocycles. The Labute approximate surface area is 126 Å². The molecule has 2 N–H and O–H groups in total. The van der Waals surface area contributed by atoms with Crippen LogP contribution in [0.1, 0.15) is 5.56 Å². The van der Waals surface area contributed by atoms with E-state index in [2.05, 4.69) is 9.71 Å². The van der Waals surface area contributed by atoms with E-state index in [1.54, 1.807) is 18.2 Å². The summed E-state index contributed by atoms with van der Waals surface area (Å²) in [5.74, 6) is 0.389. The minimum absolute atomic E-state index is 0.143. The molecule has 0 bridgehead atoms. The average Bonchev–Trinajstić information content (AvgIpc) is 2.41. The maximum absolute atomic E-state index is 12.3. The van der Waals surface area contributed by atoms with Gasteiger partial charge in [-0.15, -0.1) is 0 Å². The van der Waals surface area contributed by atoms with E-state index in [1.807, 2.05) is 6.92 Å². The molecule has 0 aliphatic heterocycles. The van der Waals surface area contributed by atoms with E-state index in [1.165, 1.54) is 7.11 Å². The number of rotatable bonds is 4. The molecule has 2 rings (SSSR count). The maximum Gasteiger partial charge on any atom is 0.266 e. The summed E-state index contributed by atoms with van der Waals surface area (Å²) in [6.45, 7) is 1.83. The van der Waals surface area contributed by atoms with Crippen LogP contribution < -0.4 is 15.0 Å². The highest BCUT2D eigenvalue weighted by molar-refractivity contribution is 7.92. The van der Waals surface area contributed by atoms with Crippen molar-refractivity contribution in [3.05, 3.63) is 51.4 Å². The molecule has 0 unspecified atom stereocenters. The predicted molar refractivity (Wildman–Crippen MR) is 80.6 cm³/mol. The second kappa shape index (κ2) is 5.79. The molecule has 0 saturated carbocycles. The number of anilines is 1. The zero-order valence-electron chi connectivity index (χ0n) is 11.3. The summed E-state index contributed by atoms with van der Waals surface area (Å²) in [4.78, 5) is 13.3. The first-order valence-corrected chi connectivity index (χ1v) is 7.75. The van der Waals surface area contributed by atoms with Crippen molar-refractivity contribution in [2.45, 2.75) is 11.8 Å². The van der Waals surface area contributed by atoms with Crippen molar-refractivity contribution in [1.82, 2.24) is 4.98 Å². The quantitative estimate of drug-likeness (QED) is 0.900. The van der Waals surface area contributed by atoms with Crippen LogP contribution in [0.15, 0.2) is 40.2 Å². The Morgan fingerprint density at radius 2 is 2.00 bits per heavy atom. The zero-order chi connectivity index (χ0) is 15.6. The number of ether oxygens (including phenoxy) is 1. The van der Waals surface area contributed by atoms with Gasteiger partial charge in [-0.25, -0.2) is 8.42 Å². The number of sulfonamides is 1. The maximum atomic E-state index is 12.3. The summed E-state index contributed by atoms with van der Waals surface area (Å²) in [6, 6.07) is 6.19. The fourth-order valence-corrected chi connectivity index (χ4v) is 2.99. The van der Waals surface area contributed by atoms with Gasteiger partial charge in [-0.1, -0.05) is 17.7 Å². The molecule has 0 fully saturated rings. The van der Waals surface area contributed by atoms with Crippen molar-refractivity contribution >= 4 is 27.3 Å². The topological polar surface area (TPSA) is 88.3 Å². The monoisotopic (exact) mass is 328 g/mol. The van der Waals surface area contributed by atoms with E-state index in [9.17, 15) is 13.2 Å². The van der Waals surface area contributed by atoms with Gasteiger partial charge in [-0.3, -0.25) is 9.52 Å². The van der Waals surface area contributed by atoms with Crippen LogP contribution in [0.4, 0.5) is 5.69 Å². The fourth-order valence-electron chi connectivity index (χ4n) is 1.70. The number of methoxy groups -OCH3 is 1. The lowest BCUT2D eigenvalue weighted by molar-refractivity contribution is 0.417. The van der Waals surface area contributed by atoms with Crippen molar-refractivity contribution < 1.29 is 13.2 Å². The Morgan fingerprint density at radius 1 is 1.29 bits per heavy atom. The number of hydrogen-bond acceptors (Lipinski definition) is 4. The normalized spacial score (nSPS) is 11.2. The number of H-pyrrole nitrogens is 1. The minimum Gasteiger partial charge on any atom is -0.495 e. The van der Waals surface area contributed by atoms with Crippen LogP contribution in [0, 0.1) is 6.92 Å². The fraction of sp³-hybridized carbons (Fsp3) is 0.154. The van der Waals surface area contributed by atoms with Gasteiger partial charge in [0.25, 0.3) is 15.6 Å². The van der Waals surface area contributed by atoms with Gasteiger partial charge in [0, 0.05) is 6.20 Å². The van der Waals surface area contributed by atoms with E-state index in [4.69, 9.17) is 16.3 Å². The van der Waals surface area contributed by atoms with E-state index >= 15 is 0 Å². The van der Waals surface area contributed by atoms with E-state index in [0.29, 0.717) is 11.4 Å². The van der Waals surface area contributed by atoms with Crippen LogP contribution in [0.3, 0.4) is 0 Å². The number of pyridine rings is 1. The molecule has 21 heavy (non-hydrogen) atoms.